The van der Waals surface area contributed by atoms with Gasteiger partial charge in [0.25, 0.3) is 5.91 Å². The van der Waals surface area contributed by atoms with E-state index in [2.05, 4.69) is 15.4 Å². The molecule has 5 atom stereocenters. The highest BCUT2D eigenvalue weighted by molar-refractivity contribution is 7.91. The number of nitrogens with zero attached hydrogens (tertiary/aromatic N) is 2. The minimum absolute atomic E-state index is 0.00407. The van der Waals surface area contributed by atoms with Gasteiger partial charge in [-0.15, -0.1) is 0 Å². The van der Waals surface area contributed by atoms with Crippen LogP contribution in [0, 0.1) is 5.92 Å². The number of nitrogens with one attached hydrogen (secondary N) is 3. The van der Waals surface area contributed by atoms with Gasteiger partial charge in [0.15, 0.2) is 0 Å². The molecule has 0 unspecified atom stereocenters. The first-order valence-electron chi connectivity index (χ1n) is 18.7. The number of hydrogen-bond acceptors (Lipinski definition) is 9. The van der Waals surface area contributed by atoms with Gasteiger partial charge in [0.05, 0.1) is 29.6 Å². The summed E-state index contributed by atoms with van der Waals surface area (Å²) in [5, 5.41) is 15.9. The quantitative estimate of drug-likeness (QED) is 0.313. The highest BCUT2D eigenvalue weighted by Crippen LogP contribution is 2.49. The van der Waals surface area contributed by atoms with Crippen molar-refractivity contribution in [2.24, 2.45) is 5.92 Å². The number of pyridine rings is 1. The van der Waals surface area contributed by atoms with Gasteiger partial charge in [-0.05, 0) is 82.4 Å². The number of rotatable bonds is 6. The minimum atomic E-state index is -3.99. The topological polar surface area (TPSA) is 193 Å². The van der Waals surface area contributed by atoms with Crippen molar-refractivity contribution >= 4 is 44.7 Å². The van der Waals surface area contributed by atoms with Gasteiger partial charge in [0.1, 0.15) is 34.7 Å². The maximum Gasteiger partial charge on any atom is 0.405 e. The van der Waals surface area contributed by atoms with E-state index in [-0.39, 0.29) is 31.7 Å². The number of aryl methyl sites for hydroxylation is 1. The Hall–Kier alpha value is -4.40. The zero-order chi connectivity index (χ0) is 37.9. The highest BCUT2D eigenvalue weighted by Gasteiger charge is 2.64. The van der Waals surface area contributed by atoms with Gasteiger partial charge in [-0.1, -0.05) is 38.8 Å². The van der Waals surface area contributed by atoms with Gasteiger partial charge in [0.2, 0.25) is 21.8 Å². The first-order chi connectivity index (χ1) is 25.1. The van der Waals surface area contributed by atoms with E-state index in [9.17, 15) is 32.7 Å². The summed E-state index contributed by atoms with van der Waals surface area (Å²) in [5.74, 6) is -1.15. The number of sulfonamides is 1. The van der Waals surface area contributed by atoms with E-state index in [1.807, 2.05) is 44.2 Å². The SMILES string of the molecule is COc1ccc2nc(C(C)C)c3c(c2c1)CC[C@]1(C[C@H]2C(=O)N[C@]4(C(=O)NS(=O)(=O)C5(C)CC5)C[C@H]4C=CCCCCC[C@H](NC(=O)O)C(=O)N2C1)O3. The summed E-state index contributed by atoms with van der Waals surface area (Å²) in [6.07, 6.45) is 7.61. The van der Waals surface area contributed by atoms with Crippen molar-refractivity contribution in [2.45, 2.75) is 125 Å². The summed E-state index contributed by atoms with van der Waals surface area (Å²) in [6.45, 7) is 5.64. The van der Waals surface area contributed by atoms with Crippen LogP contribution in [0.25, 0.3) is 10.9 Å². The number of carbonyl (C=O) groups is 4. The van der Waals surface area contributed by atoms with Crippen LogP contribution < -0.4 is 24.8 Å². The molecular weight excluding hydrogens is 703 g/mol. The maximum atomic E-state index is 14.5. The molecule has 7 rings (SSSR count). The molecule has 1 aromatic heterocycles. The van der Waals surface area contributed by atoms with E-state index in [1.54, 1.807) is 14.0 Å². The number of benzene rings is 1. The molecule has 1 aromatic carbocycles. The monoisotopic (exact) mass is 751 g/mol. The standard InChI is InChI=1S/C38H49N5O9S/c1-22(2)30-31-25(26-18-24(51-4)12-13-27(26)39-30)14-15-37(52-31)20-29-32(44)41-38(34(46)42-53(49,50)36(3)16-17-36)19-23(38)10-8-6-5-7-9-11-28(40-35(47)48)33(45)43(29)21-37/h8,10,12-13,18,22-23,28-29,40H,5-7,9,11,14-17,19-21H2,1-4H3,(H,41,44)(H,42,46)(H,47,48)/t23-,28+,29+,37-,38-/m1/s1. The fourth-order valence-electron chi connectivity index (χ4n) is 8.20. The molecular formula is C38H49N5O9S. The normalized spacial score (nSPS) is 29.5. The van der Waals surface area contributed by atoms with Gasteiger partial charge in [-0.3, -0.25) is 19.1 Å². The van der Waals surface area contributed by atoms with Crippen LogP contribution in [0.3, 0.4) is 0 Å². The van der Waals surface area contributed by atoms with Gasteiger partial charge < -0.3 is 30.1 Å². The second kappa shape index (κ2) is 13.5. The number of hydrogen-bond donors (Lipinski definition) is 4. The van der Waals surface area contributed by atoms with Gasteiger partial charge in [-0.25, -0.2) is 18.2 Å². The predicted octanol–water partition coefficient (Wildman–Crippen LogP) is 4.06. The Labute approximate surface area is 309 Å². The Bertz CT molecular complexity index is 2000. The molecule has 286 valence electrons. The molecule has 4 heterocycles. The number of carboxylic acid groups (broad SMARTS) is 1. The van der Waals surface area contributed by atoms with Crippen LogP contribution in [-0.4, -0.2) is 88.8 Å². The van der Waals surface area contributed by atoms with Crippen LogP contribution >= 0.6 is 0 Å². The number of fused-ring (bicyclic) bond motifs is 5. The molecule has 3 fully saturated rings. The van der Waals surface area contributed by atoms with E-state index in [0.29, 0.717) is 50.0 Å². The molecule has 4 amide bonds. The van der Waals surface area contributed by atoms with Crippen LogP contribution in [0.5, 0.6) is 11.5 Å². The first kappa shape index (κ1) is 36.9. The number of carbonyl (C=O) groups excluding carboxylic acids is 3. The number of amides is 4. The summed E-state index contributed by atoms with van der Waals surface area (Å²) < 4.78 is 40.0. The van der Waals surface area contributed by atoms with E-state index in [1.165, 1.54) is 4.90 Å². The maximum absolute atomic E-state index is 14.5. The zero-order valence-corrected chi connectivity index (χ0v) is 31.5. The third-order valence-electron chi connectivity index (χ3n) is 11.9. The lowest BCUT2D eigenvalue weighted by Gasteiger charge is -2.37. The van der Waals surface area contributed by atoms with Crippen LogP contribution in [0.1, 0.15) is 102 Å². The lowest BCUT2D eigenvalue weighted by molar-refractivity contribution is -0.141. The largest absolute Gasteiger partial charge is 0.497 e. The smallest absolute Gasteiger partial charge is 0.405 e. The molecule has 5 aliphatic rings. The van der Waals surface area contributed by atoms with Crippen LogP contribution in [0.15, 0.2) is 30.4 Å². The van der Waals surface area contributed by atoms with E-state index < -0.39 is 67.7 Å². The van der Waals surface area contributed by atoms with E-state index in [4.69, 9.17) is 14.5 Å². The average molecular weight is 752 g/mol. The van der Waals surface area contributed by atoms with Crippen LogP contribution in [-0.2, 0) is 30.8 Å². The molecule has 1 spiro atoms. The number of ether oxygens (including phenoxy) is 2. The Morgan fingerprint density at radius 1 is 1.13 bits per heavy atom. The van der Waals surface area contributed by atoms with Gasteiger partial charge in [-0.2, -0.15) is 0 Å². The van der Waals surface area contributed by atoms with Gasteiger partial charge >= 0.3 is 6.09 Å². The third-order valence-corrected chi connectivity index (χ3v) is 14.0. The number of allylic oxidation sites excluding steroid dienone is 1. The molecule has 53 heavy (non-hydrogen) atoms. The zero-order valence-electron chi connectivity index (χ0n) is 30.7. The van der Waals surface area contributed by atoms with Crippen LogP contribution in [0.2, 0.25) is 0 Å². The number of methoxy groups -OCH3 is 1. The summed E-state index contributed by atoms with van der Waals surface area (Å²) in [5.41, 5.74) is -0.0384. The highest BCUT2D eigenvalue weighted by atomic mass is 32.2. The van der Waals surface area contributed by atoms with Crippen molar-refractivity contribution in [1.29, 1.82) is 0 Å². The lowest BCUT2D eigenvalue weighted by Crippen LogP contribution is -2.58. The van der Waals surface area contributed by atoms with Crippen molar-refractivity contribution < 1.29 is 42.2 Å². The molecule has 1 saturated heterocycles. The Morgan fingerprint density at radius 3 is 2.60 bits per heavy atom. The Balaban J connectivity index is 1.26. The van der Waals surface area contributed by atoms with Crippen molar-refractivity contribution in [3.63, 3.8) is 0 Å². The molecule has 4 N–H and O–H groups in total. The number of aromatic nitrogens is 1. The third kappa shape index (κ3) is 6.81. The first-order valence-corrected chi connectivity index (χ1v) is 20.1. The fraction of sp³-hybridized carbons (Fsp3) is 0.605. The van der Waals surface area contributed by atoms with Crippen molar-refractivity contribution in [3.05, 3.63) is 41.6 Å². The molecule has 2 aliphatic carbocycles. The fourth-order valence-corrected chi connectivity index (χ4v) is 9.51. The molecule has 3 aliphatic heterocycles. The molecule has 0 radical (unpaired) electrons. The summed E-state index contributed by atoms with van der Waals surface area (Å²) >= 11 is 0. The van der Waals surface area contributed by atoms with Crippen molar-refractivity contribution in [1.82, 2.24) is 25.2 Å². The lowest BCUT2D eigenvalue weighted by atomic mass is 9.86. The molecule has 14 nitrogen and oxygen atoms in total. The summed E-state index contributed by atoms with van der Waals surface area (Å²) in [6, 6.07) is 3.47. The van der Waals surface area contributed by atoms with Crippen molar-refractivity contribution in [2.75, 3.05) is 13.7 Å². The van der Waals surface area contributed by atoms with Crippen molar-refractivity contribution in [3.8, 4) is 11.5 Å². The van der Waals surface area contributed by atoms with E-state index in [0.717, 1.165) is 35.0 Å². The average Bonchev–Trinajstić information content (AvgIpc) is 4.00. The molecule has 2 aromatic rings. The summed E-state index contributed by atoms with van der Waals surface area (Å²) in [7, 11) is -2.39. The Kier molecular flexibility index (Phi) is 9.39. The molecule has 0 bridgehead atoms. The van der Waals surface area contributed by atoms with Crippen LogP contribution in [0.4, 0.5) is 4.79 Å². The van der Waals surface area contributed by atoms with Gasteiger partial charge in [0, 0.05) is 23.3 Å². The minimum Gasteiger partial charge on any atom is -0.497 e. The second-order valence-corrected chi connectivity index (χ2v) is 18.2. The Morgan fingerprint density at radius 2 is 1.91 bits per heavy atom. The molecule has 2 saturated carbocycles. The van der Waals surface area contributed by atoms with E-state index >= 15 is 0 Å². The summed E-state index contributed by atoms with van der Waals surface area (Å²) in [4.78, 5) is 61.1. The second-order valence-electron chi connectivity index (χ2n) is 16.0. The molecule has 15 heteroatoms. The predicted molar refractivity (Wildman–Crippen MR) is 195 cm³/mol.